The Morgan fingerprint density at radius 2 is 2.07 bits per heavy atom. The van der Waals surface area contributed by atoms with Crippen molar-refractivity contribution in [2.24, 2.45) is 0 Å². The van der Waals surface area contributed by atoms with Crippen molar-refractivity contribution in [3.8, 4) is 0 Å². The summed E-state index contributed by atoms with van der Waals surface area (Å²) in [5.74, 6) is 0.213. The first-order chi connectivity index (χ1) is 7.00. The molecule has 0 saturated carbocycles. The summed E-state index contributed by atoms with van der Waals surface area (Å²) in [6, 6.07) is 8.64. The lowest BCUT2D eigenvalue weighted by atomic mass is 10.0. The third-order valence-corrected chi connectivity index (χ3v) is 2.66. The van der Waals surface area contributed by atoms with Crippen molar-refractivity contribution in [2.75, 3.05) is 14.1 Å². The normalized spacial score (nSPS) is 12.9. The van der Waals surface area contributed by atoms with Gasteiger partial charge < -0.3 is 4.90 Å². The molecule has 0 N–H and O–H groups in total. The summed E-state index contributed by atoms with van der Waals surface area (Å²) in [4.78, 5) is 13.2. The van der Waals surface area contributed by atoms with Crippen LogP contribution in [0.4, 0.5) is 0 Å². The van der Waals surface area contributed by atoms with E-state index in [0.29, 0.717) is 12.5 Å². The molecule has 0 amide bonds. The molecule has 1 atom stereocenters. The molecule has 2 heteroatoms. The van der Waals surface area contributed by atoms with Crippen LogP contribution in [0.5, 0.6) is 0 Å². The van der Waals surface area contributed by atoms with Crippen molar-refractivity contribution in [1.29, 1.82) is 0 Å². The smallest absolute Gasteiger partial charge is 0.134 e. The van der Waals surface area contributed by atoms with Crippen LogP contribution in [0.1, 0.15) is 31.0 Å². The van der Waals surface area contributed by atoms with Gasteiger partial charge in [-0.1, -0.05) is 24.3 Å². The number of benzene rings is 1. The number of carbonyl (C=O) groups excluding carboxylic acids is 1. The van der Waals surface area contributed by atoms with Gasteiger partial charge in [0.25, 0.3) is 0 Å². The van der Waals surface area contributed by atoms with Gasteiger partial charge in [0, 0.05) is 12.5 Å². The molecule has 1 unspecified atom stereocenters. The molecule has 2 nitrogen and oxygen atoms in total. The van der Waals surface area contributed by atoms with Crippen LogP contribution in [0.25, 0.3) is 0 Å². The molecular formula is C13H19NO. The average molecular weight is 205 g/mol. The lowest BCUT2D eigenvalue weighted by Crippen LogP contribution is -2.16. The molecule has 0 spiro atoms. The van der Waals surface area contributed by atoms with Gasteiger partial charge in [-0.2, -0.15) is 0 Å². The first kappa shape index (κ1) is 11.9. The van der Waals surface area contributed by atoms with Crippen LogP contribution in [0.2, 0.25) is 0 Å². The molecule has 15 heavy (non-hydrogen) atoms. The number of hydrogen-bond donors (Lipinski definition) is 0. The van der Waals surface area contributed by atoms with Gasteiger partial charge in [-0.3, -0.25) is 4.79 Å². The SMILES string of the molecule is CC(=O)Cc1cccc(C(C)N(C)C)c1. The van der Waals surface area contributed by atoms with E-state index in [1.807, 2.05) is 12.1 Å². The van der Waals surface area contributed by atoms with Crippen LogP contribution in [0, 0.1) is 0 Å². The molecule has 0 heterocycles. The predicted octanol–water partition coefficient (Wildman–Crippen LogP) is 2.44. The van der Waals surface area contributed by atoms with Crippen LogP contribution < -0.4 is 0 Å². The summed E-state index contributed by atoms with van der Waals surface area (Å²) in [6.45, 7) is 3.79. The van der Waals surface area contributed by atoms with Gasteiger partial charge in [0.1, 0.15) is 5.78 Å². The highest BCUT2D eigenvalue weighted by atomic mass is 16.1. The second kappa shape index (κ2) is 5.08. The summed E-state index contributed by atoms with van der Waals surface area (Å²) in [6.07, 6.45) is 0.536. The van der Waals surface area contributed by atoms with Gasteiger partial charge >= 0.3 is 0 Å². The third-order valence-electron chi connectivity index (χ3n) is 2.66. The number of Topliss-reactive ketones (excluding diaryl/α,β-unsaturated/α-hetero) is 1. The summed E-state index contributed by atoms with van der Waals surface area (Å²) in [5.41, 5.74) is 2.37. The lowest BCUT2D eigenvalue weighted by Gasteiger charge is -2.20. The van der Waals surface area contributed by atoms with Crippen LogP contribution in [-0.4, -0.2) is 24.8 Å². The summed E-state index contributed by atoms with van der Waals surface area (Å²) in [5, 5.41) is 0. The first-order valence-corrected chi connectivity index (χ1v) is 5.25. The maximum absolute atomic E-state index is 11.0. The monoisotopic (exact) mass is 205 g/mol. The maximum Gasteiger partial charge on any atom is 0.134 e. The van der Waals surface area contributed by atoms with Crippen molar-refractivity contribution in [1.82, 2.24) is 4.90 Å². The van der Waals surface area contributed by atoms with Crippen molar-refractivity contribution in [3.05, 3.63) is 35.4 Å². The minimum absolute atomic E-state index is 0.213. The molecule has 0 aliphatic carbocycles. The molecule has 0 saturated heterocycles. The molecule has 0 fully saturated rings. The van der Waals surface area contributed by atoms with E-state index in [2.05, 4.69) is 38.1 Å². The number of rotatable bonds is 4. The van der Waals surface area contributed by atoms with Gasteiger partial charge in [0.05, 0.1) is 0 Å². The van der Waals surface area contributed by atoms with E-state index >= 15 is 0 Å². The highest BCUT2D eigenvalue weighted by Crippen LogP contribution is 2.18. The number of ketones is 1. The number of hydrogen-bond acceptors (Lipinski definition) is 2. The Hall–Kier alpha value is -1.15. The Balaban J connectivity index is 2.87. The summed E-state index contributed by atoms with van der Waals surface area (Å²) >= 11 is 0. The van der Waals surface area contributed by atoms with E-state index in [1.165, 1.54) is 5.56 Å². The Morgan fingerprint density at radius 1 is 1.40 bits per heavy atom. The van der Waals surface area contributed by atoms with Gasteiger partial charge in [0.15, 0.2) is 0 Å². The second-order valence-electron chi connectivity index (χ2n) is 4.26. The Kier molecular flexibility index (Phi) is 4.04. The van der Waals surface area contributed by atoms with Crippen molar-refractivity contribution < 1.29 is 4.79 Å². The fourth-order valence-corrected chi connectivity index (χ4v) is 1.55. The van der Waals surface area contributed by atoms with Crippen LogP contribution in [0.3, 0.4) is 0 Å². The first-order valence-electron chi connectivity index (χ1n) is 5.25. The van der Waals surface area contributed by atoms with E-state index in [9.17, 15) is 4.79 Å². The topological polar surface area (TPSA) is 20.3 Å². The van der Waals surface area contributed by atoms with Crippen molar-refractivity contribution >= 4 is 5.78 Å². The van der Waals surface area contributed by atoms with Gasteiger partial charge in [-0.15, -0.1) is 0 Å². The van der Waals surface area contributed by atoms with E-state index in [-0.39, 0.29) is 5.78 Å². The highest BCUT2D eigenvalue weighted by Gasteiger charge is 2.08. The molecule has 1 rings (SSSR count). The molecule has 1 aromatic rings. The molecule has 0 bridgehead atoms. The largest absolute Gasteiger partial charge is 0.303 e. The molecule has 82 valence electrons. The molecule has 0 radical (unpaired) electrons. The highest BCUT2D eigenvalue weighted by molar-refractivity contribution is 5.78. The average Bonchev–Trinajstić information content (AvgIpc) is 2.16. The Bertz CT molecular complexity index is 344. The minimum Gasteiger partial charge on any atom is -0.303 e. The summed E-state index contributed by atoms with van der Waals surface area (Å²) < 4.78 is 0. The zero-order chi connectivity index (χ0) is 11.4. The number of carbonyl (C=O) groups is 1. The zero-order valence-electron chi connectivity index (χ0n) is 9.95. The Morgan fingerprint density at radius 3 is 2.60 bits per heavy atom. The van der Waals surface area contributed by atoms with Gasteiger partial charge in [0.2, 0.25) is 0 Å². The number of nitrogens with zero attached hydrogens (tertiary/aromatic N) is 1. The van der Waals surface area contributed by atoms with E-state index in [4.69, 9.17) is 0 Å². The third kappa shape index (κ3) is 3.48. The summed E-state index contributed by atoms with van der Waals surface area (Å²) in [7, 11) is 4.12. The van der Waals surface area contributed by atoms with Crippen molar-refractivity contribution in [2.45, 2.75) is 26.3 Å². The molecule has 0 aliphatic rings. The molecule has 0 aliphatic heterocycles. The van der Waals surface area contributed by atoms with Gasteiger partial charge in [-0.05, 0) is 39.1 Å². The maximum atomic E-state index is 11.0. The lowest BCUT2D eigenvalue weighted by molar-refractivity contribution is -0.116. The minimum atomic E-state index is 0.213. The van der Waals surface area contributed by atoms with Gasteiger partial charge in [-0.25, -0.2) is 0 Å². The van der Waals surface area contributed by atoms with Crippen LogP contribution in [-0.2, 0) is 11.2 Å². The molecule has 0 aromatic heterocycles. The standard InChI is InChI=1S/C13H19NO/c1-10(15)8-12-6-5-7-13(9-12)11(2)14(3)4/h5-7,9,11H,8H2,1-4H3. The molecule has 1 aromatic carbocycles. The van der Waals surface area contributed by atoms with E-state index in [1.54, 1.807) is 6.92 Å². The predicted molar refractivity (Wildman–Crippen MR) is 62.9 cm³/mol. The molecular weight excluding hydrogens is 186 g/mol. The Labute approximate surface area is 91.9 Å². The van der Waals surface area contributed by atoms with Crippen LogP contribution >= 0.6 is 0 Å². The van der Waals surface area contributed by atoms with Crippen LogP contribution in [0.15, 0.2) is 24.3 Å². The zero-order valence-corrected chi connectivity index (χ0v) is 9.95. The van der Waals surface area contributed by atoms with Crippen molar-refractivity contribution in [3.63, 3.8) is 0 Å². The quantitative estimate of drug-likeness (QED) is 0.752. The fraction of sp³-hybridized carbons (Fsp3) is 0.462. The fourth-order valence-electron chi connectivity index (χ4n) is 1.55. The van der Waals surface area contributed by atoms with E-state index in [0.717, 1.165) is 5.56 Å². The van der Waals surface area contributed by atoms with E-state index < -0.39 is 0 Å². The second-order valence-corrected chi connectivity index (χ2v) is 4.26.